The molecule has 0 aliphatic heterocycles. The molecule has 3 N–H and O–H groups in total. The van der Waals surface area contributed by atoms with Gasteiger partial charge in [0.2, 0.25) is 0 Å². The van der Waals surface area contributed by atoms with E-state index in [0.717, 1.165) is 5.56 Å². The normalized spacial score (nSPS) is 11.3. The molecule has 0 radical (unpaired) electrons. The largest absolute Gasteiger partial charge is 0.444 e. The molecule has 0 saturated carbocycles. The highest BCUT2D eigenvalue weighted by molar-refractivity contribution is 6.38. The molecule has 7 nitrogen and oxygen atoms in total. The van der Waals surface area contributed by atoms with Gasteiger partial charge >= 0.3 is 6.09 Å². The Morgan fingerprint density at radius 3 is 2.64 bits per heavy atom. The third-order valence-electron chi connectivity index (χ3n) is 3.90. The molecule has 0 spiro atoms. The molecule has 1 aromatic carbocycles. The van der Waals surface area contributed by atoms with Crippen molar-refractivity contribution < 1.29 is 14.3 Å². The molecule has 0 aliphatic rings. The van der Waals surface area contributed by atoms with Gasteiger partial charge < -0.3 is 15.0 Å². The van der Waals surface area contributed by atoms with E-state index in [9.17, 15) is 9.59 Å². The van der Waals surface area contributed by atoms with Gasteiger partial charge in [0.1, 0.15) is 11.2 Å². The molecule has 0 bridgehead atoms. The number of H-pyrrole nitrogens is 1. The van der Waals surface area contributed by atoms with Gasteiger partial charge in [0.25, 0.3) is 5.91 Å². The number of amides is 2. The number of nitrogens with zero attached hydrogens (tertiary/aromatic N) is 1. The van der Waals surface area contributed by atoms with Crippen LogP contribution in [0.15, 0.2) is 36.7 Å². The number of benzene rings is 1. The molecular weight excluding hydrogens is 380 g/mol. The summed E-state index contributed by atoms with van der Waals surface area (Å²) >= 11 is 6.35. The van der Waals surface area contributed by atoms with Gasteiger partial charge in [-0.15, -0.1) is 0 Å². The van der Waals surface area contributed by atoms with Crippen molar-refractivity contribution in [3.05, 3.63) is 52.8 Å². The number of hydrogen-bond acceptors (Lipinski definition) is 4. The van der Waals surface area contributed by atoms with Gasteiger partial charge in [-0.05, 0) is 51.5 Å². The van der Waals surface area contributed by atoms with E-state index in [1.54, 1.807) is 51.2 Å². The standard InChI is InChI=1S/C20H21ClN4O3/c1-11-5-6-12(24-19(27)28-20(2,3)4)9-15(11)25-18(26)14-10-23-17-13(16(14)21)7-8-22-17/h5-10H,1-4H3,(H,22,23)(H,24,27)(H,25,26). The van der Waals surface area contributed by atoms with Crippen molar-refractivity contribution in [1.29, 1.82) is 0 Å². The Morgan fingerprint density at radius 1 is 1.18 bits per heavy atom. The molecular formula is C20H21ClN4O3. The maximum Gasteiger partial charge on any atom is 0.412 e. The monoisotopic (exact) mass is 400 g/mol. The lowest BCUT2D eigenvalue weighted by Gasteiger charge is -2.20. The summed E-state index contributed by atoms with van der Waals surface area (Å²) in [5.41, 5.74) is 2.14. The molecule has 0 aliphatic carbocycles. The zero-order valence-electron chi connectivity index (χ0n) is 16.0. The summed E-state index contributed by atoms with van der Waals surface area (Å²) in [6.45, 7) is 7.20. The number of pyridine rings is 1. The van der Waals surface area contributed by atoms with Crippen molar-refractivity contribution in [1.82, 2.24) is 9.97 Å². The molecule has 2 heterocycles. The molecule has 3 rings (SSSR count). The van der Waals surface area contributed by atoms with Crippen LogP contribution in [-0.4, -0.2) is 27.6 Å². The second-order valence-electron chi connectivity index (χ2n) is 7.34. The van der Waals surface area contributed by atoms with E-state index in [1.807, 2.05) is 6.92 Å². The Hall–Kier alpha value is -3.06. The van der Waals surface area contributed by atoms with Gasteiger partial charge in [0, 0.05) is 29.2 Å². The fourth-order valence-corrected chi connectivity index (χ4v) is 2.87. The number of aryl methyl sites for hydroxylation is 1. The molecule has 2 aromatic heterocycles. The maximum absolute atomic E-state index is 12.7. The number of aromatic nitrogens is 2. The Morgan fingerprint density at radius 2 is 1.93 bits per heavy atom. The first-order chi connectivity index (χ1) is 13.1. The lowest BCUT2D eigenvalue weighted by Crippen LogP contribution is -2.27. The lowest BCUT2D eigenvalue weighted by molar-refractivity contribution is 0.0636. The van der Waals surface area contributed by atoms with Crippen molar-refractivity contribution in [3.8, 4) is 0 Å². The Labute approximate surface area is 167 Å². The van der Waals surface area contributed by atoms with Crippen LogP contribution in [0.1, 0.15) is 36.7 Å². The molecule has 0 saturated heterocycles. The molecule has 8 heteroatoms. The Bertz CT molecular complexity index is 1050. The van der Waals surface area contributed by atoms with E-state index in [1.165, 1.54) is 6.20 Å². The first-order valence-electron chi connectivity index (χ1n) is 8.67. The Kier molecular flexibility index (Phi) is 5.29. The minimum atomic E-state index is -0.605. The zero-order valence-corrected chi connectivity index (χ0v) is 16.8. The number of aromatic amines is 1. The van der Waals surface area contributed by atoms with Crippen LogP contribution in [0.2, 0.25) is 5.02 Å². The number of ether oxygens (including phenoxy) is 1. The van der Waals surface area contributed by atoms with Gasteiger partial charge in [-0.2, -0.15) is 0 Å². The summed E-state index contributed by atoms with van der Waals surface area (Å²) < 4.78 is 5.25. The summed E-state index contributed by atoms with van der Waals surface area (Å²) in [4.78, 5) is 31.8. The van der Waals surface area contributed by atoms with Crippen LogP contribution >= 0.6 is 11.6 Å². The molecule has 0 fully saturated rings. The lowest BCUT2D eigenvalue weighted by atomic mass is 10.1. The fraction of sp³-hybridized carbons (Fsp3) is 0.250. The van der Waals surface area contributed by atoms with Crippen LogP contribution in [0.5, 0.6) is 0 Å². The van der Waals surface area contributed by atoms with Crippen molar-refractivity contribution in [3.63, 3.8) is 0 Å². The number of rotatable bonds is 3. The average molecular weight is 401 g/mol. The summed E-state index contributed by atoms with van der Waals surface area (Å²) in [6, 6.07) is 6.94. The van der Waals surface area contributed by atoms with Crippen LogP contribution in [0.25, 0.3) is 11.0 Å². The molecule has 0 atom stereocenters. The molecule has 146 valence electrons. The second kappa shape index (κ2) is 7.52. The smallest absolute Gasteiger partial charge is 0.412 e. The summed E-state index contributed by atoms with van der Waals surface area (Å²) in [5.74, 6) is -0.391. The third kappa shape index (κ3) is 4.43. The predicted octanol–water partition coefficient (Wildman–Crippen LogP) is 5.12. The SMILES string of the molecule is Cc1ccc(NC(=O)OC(C)(C)C)cc1NC(=O)c1cnc2[nH]ccc2c1Cl. The van der Waals surface area contributed by atoms with Crippen molar-refractivity contribution in [2.24, 2.45) is 0 Å². The van der Waals surface area contributed by atoms with Crippen molar-refractivity contribution in [2.75, 3.05) is 10.6 Å². The van der Waals surface area contributed by atoms with E-state index in [0.29, 0.717) is 27.4 Å². The van der Waals surface area contributed by atoms with E-state index in [-0.39, 0.29) is 5.56 Å². The summed E-state index contributed by atoms with van der Waals surface area (Å²) in [5, 5.41) is 6.47. The summed E-state index contributed by atoms with van der Waals surface area (Å²) in [6.07, 6.45) is 2.56. The van der Waals surface area contributed by atoms with Gasteiger partial charge in [0.15, 0.2) is 0 Å². The van der Waals surface area contributed by atoms with E-state index < -0.39 is 17.6 Å². The first-order valence-corrected chi connectivity index (χ1v) is 9.05. The van der Waals surface area contributed by atoms with Crippen LogP contribution in [0.4, 0.5) is 16.2 Å². The number of fused-ring (bicyclic) bond motifs is 1. The van der Waals surface area contributed by atoms with E-state index >= 15 is 0 Å². The van der Waals surface area contributed by atoms with Crippen LogP contribution in [-0.2, 0) is 4.74 Å². The number of halogens is 1. The first kappa shape index (κ1) is 19.7. The molecule has 2 amide bonds. The molecule has 0 unspecified atom stereocenters. The van der Waals surface area contributed by atoms with Crippen LogP contribution < -0.4 is 10.6 Å². The number of carbonyl (C=O) groups is 2. The minimum absolute atomic E-state index is 0.263. The number of carbonyl (C=O) groups excluding carboxylic acids is 2. The minimum Gasteiger partial charge on any atom is -0.444 e. The molecule has 3 aromatic rings. The highest BCUT2D eigenvalue weighted by Gasteiger charge is 2.18. The number of anilines is 2. The van der Waals surface area contributed by atoms with E-state index in [2.05, 4.69) is 20.6 Å². The summed E-state index contributed by atoms with van der Waals surface area (Å²) in [7, 11) is 0. The zero-order chi connectivity index (χ0) is 20.5. The number of nitrogens with one attached hydrogen (secondary N) is 3. The van der Waals surface area contributed by atoms with Crippen molar-refractivity contribution >= 4 is 46.0 Å². The van der Waals surface area contributed by atoms with Crippen LogP contribution in [0, 0.1) is 6.92 Å². The van der Waals surface area contributed by atoms with Crippen molar-refractivity contribution in [2.45, 2.75) is 33.3 Å². The van der Waals surface area contributed by atoms with Gasteiger partial charge in [-0.25, -0.2) is 9.78 Å². The number of hydrogen-bond donors (Lipinski definition) is 3. The fourth-order valence-electron chi connectivity index (χ4n) is 2.58. The van der Waals surface area contributed by atoms with Crippen LogP contribution in [0.3, 0.4) is 0 Å². The average Bonchev–Trinajstić information content (AvgIpc) is 3.06. The quantitative estimate of drug-likeness (QED) is 0.568. The second-order valence-corrected chi connectivity index (χ2v) is 7.71. The Balaban J connectivity index is 1.80. The van der Waals surface area contributed by atoms with Gasteiger partial charge in [-0.3, -0.25) is 10.1 Å². The highest BCUT2D eigenvalue weighted by Crippen LogP contribution is 2.27. The third-order valence-corrected chi connectivity index (χ3v) is 4.30. The molecule has 28 heavy (non-hydrogen) atoms. The topological polar surface area (TPSA) is 96.1 Å². The van der Waals surface area contributed by atoms with Gasteiger partial charge in [0.05, 0.1) is 10.6 Å². The van der Waals surface area contributed by atoms with E-state index in [4.69, 9.17) is 16.3 Å². The predicted molar refractivity (Wildman–Crippen MR) is 110 cm³/mol. The highest BCUT2D eigenvalue weighted by atomic mass is 35.5. The van der Waals surface area contributed by atoms with Gasteiger partial charge in [-0.1, -0.05) is 17.7 Å². The maximum atomic E-state index is 12.7.